The first kappa shape index (κ1) is 15.8. The van der Waals surface area contributed by atoms with Crippen LogP contribution in [0.2, 0.25) is 0 Å². The molecule has 0 saturated carbocycles. The van der Waals surface area contributed by atoms with Gasteiger partial charge < -0.3 is 14.5 Å². The smallest absolute Gasteiger partial charge is 0.355 e. The van der Waals surface area contributed by atoms with E-state index in [4.69, 9.17) is 9.47 Å². The van der Waals surface area contributed by atoms with Crippen LogP contribution in [0.5, 0.6) is 5.75 Å². The monoisotopic (exact) mass is 323 g/mol. The molecule has 122 valence electrons. The van der Waals surface area contributed by atoms with Crippen LogP contribution in [0, 0.1) is 0 Å². The molecule has 0 radical (unpaired) electrons. The summed E-state index contributed by atoms with van der Waals surface area (Å²) in [5, 5.41) is 0.696. The second kappa shape index (κ2) is 6.58. The predicted molar refractivity (Wildman–Crippen MR) is 90.7 cm³/mol. The quantitative estimate of drug-likeness (QED) is 0.575. The summed E-state index contributed by atoms with van der Waals surface area (Å²) in [7, 11) is 1.56. The van der Waals surface area contributed by atoms with E-state index >= 15 is 0 Å². The Morgan fingerprint density at radius 3 is 2.42 bits per heavy atom. The van der Waals surface area contributed by atoms with Crippen molar-refractivity contribution in [2.75, 3.05) is 13.7 Å². The number of carbonyl (C=O) groups excluding carboxylic acids is 2. The Kier molecular flexibility index (Phi) is 4.33. The third kappa shape index (κ3) is 2.76. The highest BCUT2D eigenvalue weighted by Gasteiger charge is 2.24. The summed E-state index contributed by atoms with van der Waals surface area (Å²) in [6, 6.07) is 14.1. The lowest BCUT2D eigenvalue weighted by atomic mass is 10.00. The van der Waals surface area contributed by atoms with Gasteiger partial charge in [-0.2, -0.15) is 0 Å². The fourth-order valence-electron chi connectivity index (χ4n) is 2.62. The number of para-hydroxylation sites is 1. The Hall–Kier alpha value is -3.08. The average molecular weight is 323 g/mol. The van der Waals surface area contributed by atoms with Gasteiger partial charge in [-0.05, 0) is 37.3 Å². The minimum Gasteiger partial charge on any atom is -0.497 e. The van der Waals surface area contributed by atoms with Crippen molar-refractivity contribution in [3.05, 3.63) is 65.4 Å². The molecule has 0 bridgehead atoms. The number of aromatic amines is 1. The molecule has 0 amide bonds. The summed E-state index contributed by atoms with van der Waals surface area (Å²) >= 11 is 0. The lowest BCUT2D eigenvalue weighted by Crippen LogP contribution is -2.12. The maximum absolute atomic E-state index is 13.0. The minimum absolute atomic E-state index is 0.180. The molecule has 0 spiro atoms. The number of ketones is 1. The number of ether oxygens (including phenoxy) is 2. The Labute approximate surface area is 139 Å². The summed E-state index contributed by atoms with van der Waals surface area (Å²) in [4.78, 5) is 28.2. The van der Waals surface area contributed by atoms with Gasteiger partial charge in [0.2, 0.25) is 0 Å². The summed E-state index contributed by atoms with van der Waals surface area (Å²) in [6.45, 7) is 1.97. The molecule has 0 unspecified atom stereocenters. The van der Waals surface area contributed by atoms with Crippen LogP contribution in [0.4, 0.5) is 0 Å². The van der Waals surface area contributed by atoms with Gasteiger partial charge in [0, 0.05) is 16.5 Å². The number of benzene rings is 2. The standard InChI is InChI=1S/C19H17NO4/c1-3-24-19(22)17-16(14-6-4-5-7-15(14)20-17)18(21)12-8-10-13(23-2)11-9-12/h4-11,20H,3H2,1-2H3. The molecule has 24 heavy (non-hydrogen) atoms. The molecule has 0 saturated heterocycles. The Morgan fingerprint density at radius 1 is 1.04 bits per heavy atom. The number of methoxy groups -OCH3 is 1. The number of carbonyl (C=O) groups is 2. The molecule has 1 N–H and O–H groups in total. The first-order valence-electron chi connectivity index (χ1n) is 7.62. The highest BCUT2D eigenvalue weighted by molar-refractivity contribution is 6.21. The van der Waals surface area contributed by atoms with Gasteiger partial charge >= 0.3 is 5.97 Å². The molecule has 0 aliphatic rings. The van der Waals surface area contributed by atoms with Crippen LogP contribution < -0.4 is 4.74 Å². The number of H-pyrrole nitrogens is 1. The van der Waals surface area contributed by atoms with Gasteiger partial charge in [-0.1, -0.05) is 18.2 Å². The first-order valence-corrected chi connectivity index (χ1v) is 7.62. The van der Waals surface area contributed by atoms with E-state index in [1.165, 1.54) is 0 Å². The van der Waals surface area contributed by atoms with E-state index < -0.39 is 5.97 Å². The molecule has 3 aromatic rings. The molecule has 1 heterocycles. The average Bonchev–Trinajstić information content (AvgIpc) is 3.01. The highest BCUT2D eigenvalue weighted by Crippen LogP contribution is 2.26. The van der Waals surface area contributed by atoms with Crippen LogP contribution in [0.15, 0.2) is 48.5 Å². The second-order valence-corrected chi connectivity index (χ2v) is 5.20. The molecule has 5 heteroatoms. The summed E-state index contributed by atoms with van der Waals surface area (Å²) in [5.41, 5.74) is 1.71. The SMILES string of the molecule is CCOC(=O)c1[nH]c2ccccc2c1C(=O)c1ccc(OC)cc1. The van der Waals surface area contributed by atoms with Gasteiger partial charge in [0.15, 0.2) is 5.78 Å². The number of hydrogen-bond acceptors (Lipinski definition) is 4. The highest BCUT2D eigenvalue weighted by atomic mass is 16.5. The van der Waals surface area contributed by atoms with Crippen molar-refractivity contribution in [1.29, 1.82) is 0 Å². The van der Waals surface area contributed by atoms with Gasteiger partial charge in [-0.3, -0.25) is 4.79 Å². The third-order valence-electron chi connectivity index (χ3n) is 3.76. The van der Waals surface area contributed by atoms with Crippen molar-refractivity contribution in [3.8, 4) is 5.75 Å². The van der Waals surface area contributed by atoms with E-state index in [1.54, 1.807) is 38.3 Å². The van der Waals surface area contributed by atoms with Crippen molar-refractivity contribution >= 4 is 22.7 Å². The van der Waals surface area contributed by atoms with Crippen molar-refractivity contribution in [3.63, 3.8) is 0 Å². The van der Waals surface area contributed by atoms with Crippen molar-refractivity contribution in [1.82, 2.24) is 4.98 Å². The second-order valence-electron chi connectivity index (χ2n) is 5.20. The summed E-state index contributed by atoms with van der Waals surface area (Å²) < 4.78 is 10.2. The van der Waals surface area contributed by atoms with E-state index in [2.05, 4.69) is 4.98 Å². The van der Waals surface area contributed by atoms with E-state index in [0.29, 0.717) is 22.3 Å². The number of esters is 1. The minimum atomic E-state index is -0.537. The Bertz CT molecular complexity index is 893. The molecule has 3 rings (SSSR count). The molecule has 2 aromatic carbocycles. The summed E-state index contributed by atoms with van der Waals surface area (Å²) in [6.07, 6.45) is 0. The van der Waals surface area contributed by atoms with E-state index in [0.717, 1.165) is 5.52 Å². The fourth-order valence-corrected chi connectivity index (χ4v) is 2.62. The van der Waals surface area contributed by atoms with Crippen molar-refractivity contribution in [2.24, 2.45) is 0 Å². The lowest BCUT2D eigenvalue weighted by Gasteiger charge is -2.05. The van der Waals surface area contributed by atoms with Crippen molar-refractivity contribution < 1.29 is 19.1 Å². The number of rotatable bonds is 5. The first-order chi connectivity index (χ1) is 11.7. The van der Waals surface area contributed by atoms with E-state index in [9.17, 15) is 9.59 Å². The number of fused-ring (bicyclic) bond motifs is 1. The summed E-state index contributed by atoms with van der Waals surface area (Å²) in [5.74, 6) is -0.111. The molecular formula is C19H17NO4. The van der Waals surface area contributed by atoms with Gasteiger partial charge in [-0.25, -0.2) is 4.79 Å². The number of aromatic nitrogens is 1. The van der Waals surface area contributed by atoms with E-state index in [1.807, 2.05) is 24.3 Å². The van der Waals surface area contributed by atoms with Gasteiger partial charge in [0.25, 0.3) is 0 Å². The molecule has 0 fully saturated rings. The topological polar surface area (TPSA) is 68.4 Å². The maximum Gasteiger partial charge on any atom is 0.355 e. The molecule has 0 aliphatic carbocycles. The lowest BCUT2D eigenvalue weighted by molar-refractivity contribution is 0.0518. The molecule has 5 nitrogen and oxygen atoms in total. The number of hydrogen-bond donors (Lipinski definition) is 1. The molecule has 0 atom stereocenters. The van der Waals surface area contributed by atoms with Crippen LogP contribution in [0.25, 0.3) is 10.9 Å². The van der Waals surface area contributed by atoms with Crippen LogP contribution in [-0.4, -0.2) is 30.5 Å². The van der Waals surface area contributed by atoms with Gasteiger partial charge in [0.1, 0.15) is 11.4 Å². The van der Waals surface area contributed by atoms with E-state index in [-0.39, 0.29) is 18.1 Å². The van der Waals surface area contributed by atoms with Gasteiger partial charge in [0.05, 0.1) is 19.3 Å². The third-order valence-corrected chi connectivity index (χ3v) is 3.76. The van der Waals surface area contributed by atoms with Crippen molar-refractivity contribution in [2.45, 2.75) is 6.92 Å². The number of nitrogens with one attached hydrogen (secondary N) is 1. The molecular weight excluding hydrogens is 306 g/mol. The van der Waals surface area contributed by atoms with Crippen LogP contribution in [-0.2, 0) is 4.74 Å². The van der Waals surface area contributed by atoms with Crippen LogP contribution in [0.1, 0.15) is 33.3 Å². The maximum atomic E-state index is 13.0. The fraction of sp³-hybridized carbons (Fsp3) is 0.158. The Balaban J connectivity index is 2.13. The predicted octanol–water partition coefficient (Wildman–Crippen LogP) is 3.58. The van der Waals surface area contributed by atoms with Crippen LogP contribution >= 0.6 is 0 Å². The zero-order valence-electron chi connectivity index (χ0n) is 13.5. The van der Waals surface area contributed by atoms with Gasteiger partial charge in [-0.15, -0.1) is 0 Å². The molecule has 1 aromatic heterocycles. The normalized spacial score (nSPS) is 10.6. The Morgan fingerprint density at radius 2 is 1.75 bits per heavy atom. The zero-order valence-corrected chi connectivity index (χ0v) is 13.5. The largest absolute Gasteiger partial charge is 0.497 e. The van der Waals surface area contributed by atoms with Crippen LogP contribution in [0.3, 0.4) is 0 Å². The molecule has 0 aliphatic heterocycles. The zero-order chi connectivity index (χ0) is 17.1.